The molecule has 1 aromatic carbocycles. The van der Waals surface area contributed by atoms with Gasteiger partial charge in [-0.3, -0.25) is 9.35 Å². The average molecular weight is 242 g/mol. The average Bonchev–Trinajstić information content (AvgIpc) is 2.13. The molecule has 1 saturated heterocycles. The van der Waals surface area contributed by atoms with Crippen LogP contribution >= 0.6 is 0 Å². The first-order valence-corrected chi connectivity index (χ1v) is 6.08. The molecule has 1 heterocycles. The summed E-state index contributed by atoms with van der Waals surface area (Å²) in [7, 11) is -4.30. The lowest BCUT2D eigenvalue weighted by Gasteiger charge is -2.26. The number of cyclic esters (lactones) is 1. The summed E-state index contributed by atoms with van der Waals surface area (Å²) in [6.07, 6.45) is 0. The van der Waals surface area contributed by atoms with Crippen LogP contribution in [0.3, 0.4) is 0 Å². The fraction of sp³-hybridized carbons (Fsp3) is 0.300. The maximum absolute atomic E-state index is 11.1. The summed E-state index contributed by atoms with van der Waals surface area (Å²) in [6, 6.07) is 4.44. The second-order valence-corrected chi connectivity index (χ2v) is 5.09. The second kappa shape index (κ2) is 3.57. The minimum atomic E-state index is -4.30. The van der Waals surface area contributed by atoms with E-state index in [1.807, 2.05) is 0 Å². The molecule has 0 aromatic heterocycles. The largest absolute Gasteiger partial charge is 0.464 e. The molecule has 5 nitrogen and oxygen atoms in total. The van der Waals surface area contributed by atoms with Crippen LogP contribution in [0.5, 0.6) is 0 Å². The number of hydrogen-bond acceptors (Lipinski definition) is 4. The van der Waals surface area contributed by atoms with Crippen molar-refractivity contribution in [3.05, 3.63) is 29.3 Å². The van der Waals surface area contributed by atoms with Gasteiger partial charge in [0.25, 0.3) is 10.1 Å². The first kappa shape index (κ1) is 11.1. The fourth-order valence-electron chi connectivity index (χ4n) is 1.63. The summed E-state index contributed by atoms with van der Waals surface area (Å²) in [6.45, 7) is 1.94. The number of esters is 1. The third kappa shape index (κ3) is 1.81. The van der Waals surface area contributed by atoms with Gasteiger partial charge in [0, 0.05) is 0 Å². The van der Waals surface area contributed by atoms with Crippen molar-refractivity contribution in [1.29, 1.82) is 0 Å². The van der Waals surface area contributed by atoms with Crippen molar-refractivity contribution < 1.29 is 22.5 Å². The number of ether oxygens (including phenoxy) is 1. The third-order valence-corrected chi connectivity index (χ3v) is 3.42. The molecule has 1 N–H and O–H groups in total. The van der Waals surface area contributed by atoms with Crippen LogP contribution in [-0.2, 0) is 19.6 Å². The van der Waals surface area contributed by atoms with Crippen molar-refractivity contribution in [3.8, 4) is 0 Å². The van der Waals surface area contributed by atoms with E-state index in [1.165, 1.54) is 6.07 Å². The smallest absolute Gasteiger partial charge is 0.317 e. The number of rotatable bonds is 2. The standard InChI is InChI=1S/C10H10O5S/c1-6-2-3-9(16(12,13)14)7(4-6)8-5-15-10(8)11/h2-4,8H,5H2,1H3,(H,12,13,14)/t8-/m1/s1. The van der Waals surface area contributed by atoms with Crippen LogP contribution in [0.15, 0.2) is 23.1 Å². The van der Waals surface area contributed by atoms with Crippen molar-refractivity contribution in [2.24, 2.45) is 0 Å². The molecule has 2 rings (SSSR count). The van der Waals surface area contributed by atoms with E-state index in [-0.39, 0.29) is 11.5 Å². The molecule has 16 heavy (non-hydrogen) atoms. The van der Waals surface area contributed by atoms with Gasteiger partial charge in [-0.1, -0.05) is 17.7 Å². The predicted molar refractivity (Wildman–Crippen MR) is 54.7 cm³/mol. The zero-order valence-corrected chi connectivity index (χ0v) is 9.32. The van der Waals surface area contributed by atoms with E-state index in [1.54, 1.807) is 19.1 Å². The summed E-state index contributed by atoms with van der Waals surface area (Å²) in [5, 5.41) is 0. The van der Waals surface area contributed by atoms with E-state index in [0.717, 1.165) is 5.56 Å². The number of carbonyl (C=O) groups excluding carboxylic acids is 1. The van der Waals surface area contributed by atoms with Gasteiger partial charge in [-0.15, -0.1) is 0 Å². The highest BCUT2D eigenvalue weighted by Gasteiger charge is 2.36. The summed E-state index contributed by atoms with van der Waals surface area (Å²) in [5.41, 5.74) is 1.13. The topological polar surface area (TPSA) is 80.7 Å². The molecule has 1 aromatic rings. The van der Waals surface area contributed by atoms with Crippen molar-refractivity contribution >= 4 is 16.1 Å². The number of hydrogen-bond donors (Lipinski definition) is 1. The Morgan fingerprint density at radius 3 is 2.56 bits per heavy atom. The Morgan fingerprint density at radius 2 is 2.12 bits per heavy atom. The van der Waals surface area contributed by atoms with Gasteiger partial charge >= 0.3 is 5.97 Å². The monoisotopic (exact) mass is 242 g/mol. The Balaban J connectivity index is 2.57. The first-order chi connectivity index (χ1) is 7.39. The van der Waals surface area contributed by atoms with E-state index >= 15 is 0 Å². The SMILES string of the molecule is Cc1ccc(S(=O)(=O)O)c([C@H]2COC2=O)c1. The van der Waals surface area contributed by atoms with Gasteiger partial charge in [0.15, 0.2) is 0 Å². The molecule has 1 fully saturated rings. The normalized spacial score (nSPS) is 20.1. The van der Waals surface area contributed by atoms with E-state index in [9.17, 15) is 13.2 Å². The van der Waals surface area contributed by atoms with E-state index in [2.05, 4.69) is 4.74 Å². The van der Waals surface area contributed by atoms with Gasteiger partial charge in [0.2, 0.25) is 0 Å². The van der Waals surface area contributed by atoms with Gasteiger partial charge < -0.3 is 4.74 Å². The lowest BCUT2D eigenvalue weighted by molar-refractivity contribution is -0.161. The maximum Gasteiger partial charge on any atom is 0.317 e. The van der Waals surface area contributed by atoms with Crippen molar-refractivity contribution in [2.45, 2.75) is 17.7 Å². The minimum Gasteiger partial charge on any atom is -0.464 e. The summed E-state index contributed by atoms with van der Waals surface area (Å²) < 4.78 is 35.9. The van der Waals surface area contributed by atoms with Crippen molar-refractivity contribution in [1.82, 2.24) is 0 Å². The number of aryl methyl sites for hydroxylation is 1. The lowest BCUT2D eigenvalue weighted by atomic mass is 9.95. The lowest BCUT2D eigenvalue weighted by Crippen LogP contribution is -2.33. The predicted octanol–water partition coefficient (Wildman–Crippen LogP) is 0.882. The molecule has 86 valence electrons. The van der Waals surface area contributed by atoms with Crippen LogP contribution in [0, 0.1) is 6.92 Å². The molecule has 1 aliphatic rings. The molecule has 0 bridgehead atoms. The Labute approximate surface area is 92.8 Å². The molecular formula is C10H10O5S. The van der Waals surface area contributed by atoms with Crippen molar-refractivity contribution in [3.63, 3.8) is 0 Å². The molecule has 0 spiro atoms. The molecule has 0 amide bonds. The molecule has 0 saturated carbocycles. The molecule has 0 radical (unpaired) electrons. The van der Waals surface area contributed by atoms with Crippen LogP contribution in [0.4, 0.5) is 0 Å². The molecule has 0 unspecified atom stereocenters. The van der Waals surface area contributed by atoms with Crippen LogP contribution in [0.2, 0.25) is 0 Å². The van der Waals surface area contributed by atoms with Crippen LogP contribution in [0.25, 0.3) is 0 Å². The zero-order valence-electron chi connectivity index (χ0n) is 8.50. The highest BCUT2D eigenvalue weighted by molar-refractivity contribution is 7.85. The molecule has 1 aliphatic heterocycles. The van der Waals surface area contributed by atoms with E-state index < -0.39 is 22.0 Å². The maximum atomic E-state index is 11.1. The summed E-state index contributed by atoms with van der Waals surface area (Å²) >= 11 is 0. The van der Waals surface area contributed by atoms with Gasteiger partial charge in [-0.05, 0) is 18.6 Å². The Kier molecular flexibility index (Phi) is 2.47. The Bertz CT molecular complexity index is 546. The third-order valence-electron chi connectivity index (χ3n) is 2.50. The first-order valence-electron chi connectivity index (χ1n) is 4.64. The Hall–Kier alpha value is -1.40. The molecule has 0 aliphatic carbocycles. The van der Waals surface area contributed by atoms with Crippen LogP contribution in [-0.4, -0.2) is 25.5 Å². The number of benzene rings is 1. The van der Waals surface area contributed by atoms with Gasteiger partial charge in [0.1, 0.15) is 12.5 Å². The van der Waals surface area contributed by atoms with Gasteiger partial charge in [-0.2, -0.15) is 8.42 Å². The van der Waals surface area contributed by atoms with E-state index in [0.29, 0.717) is 5.56 Å². The van der Waals surface area contributed by atoms with Crippen molar-refractivity contribution in [2.75, 3.05) is 6.61 Å². The molecule has 1 atom stereocenters. The zero-order chi connectivity index (χ0) is 11.9. The van der Waals surface area contributed by atoms with Crippen LogP contribution in [0.1, 0.15) is 17.0 Å². The molecular weight excluding hydrogens is 232 g/mol. The number of carbonyl (C=O) groups is 1. The summed E-state index contributed by atoms with van der Waals surface area (Å²) in [4.78, 5) is 10.9. The highest BCUT2D eigenvalue weighted by atomic mass is 32.2. The summed E-state index contributed by atoms with van der Waals surface area (Å²) in [5.74, 6) is -1.05. The quantitative estimate of drug-likeness (QED) is 0.615. The minimum absolute atomic E-state index is 0.158. The highest BCUT2D eigenvalue weighted by Crippen LogP contribution is 2.31. The van der Waals surface area contributed by atoms with E-state index in [4.69, 9.17) is 4.55 Å². The Morgan fingerprint density at radius 1 is 1.44 bits per heavy atom. The fourth-order valence-corrected chi connectivity index (χ4v) is 2.37. The van der Waals surface area contributed by atoms with Crippen LogP contribution < -0.4 is 0 Å². The molecule has 6 heteroatoms. The van der Waals surface area contributed by atoms with Gasteiger partial charge in [-0.25, -0.2) is 0 Å². The van der Waals surface area contributed by atoms with Gasteiger partial charge in [0.05, 0.1) is 4.90 Å². The second-order valence-electron chi connectivity index (χ2n) is 3.70.